The van der Waals surface area contributed by atoms with Gasteiger partial charge in [-0.1, -0.05) is 44.2 Å². The maximum Gasteiger partial charge on any atom is 0.318 e. The molecule has 0 aliphatic carbocycles. The molecule has 1 aromatic carbocycles. The number of hydrogen-bond acceptors (Lipinski definition) is 3. The summed E-state index contributed by atoms with van der Waals surface area (Å²) in [5.74, 6) is -1.49. The van der Waals surface area contributed by atoms with Crippen molar-refractivity contribution in [1.29, 1.82) is 0 Å². The Morgan fingerprint density at radius 1 is 1.12 bits per heavy atom. The zero-order valence-corrected chi connectivity index (χ0v) is 9.34. The fourth-order valence-electron chi connectivity index (χ4n) is 2.21. The van der Waals surface area contributed by atoms with Crippen molar-refractivity contribution >= 4 is 11.9 Å². The van der Waals surface area contributed by atoms with Gasteiger partial charge in [-0.2, -0.15) is 0 Å². The maximum absolute atomic E-state index is 11.6. The predicted octanol–water partition coefficient (Wildman–Crippen LogP) is 2.13. The highest BCUT2D eigenvalue weighted by Gasteiger charge is 2.44. The fraction of sp³-hybridized carbons (Fsp3) is 0.385. The highest BCUT2D eigenvalue weighted by Crippen LogP contribution is 2.35. The van der Waals surface area contributed by atoms with Crippen molar-refractivity contribution in [1.82, 2.24) is 0 Å². The number of rotatable bonds is 2. The van der Waals surface area contributed by atoms with Crippen molar-refractivity contribution in [3.05, 3.63) is 35.9 Å². The Hall–Kier alpha value is -1.64. The van der Waals surface area contributed by atoms with Crippen molar-refractivity contribution in [2.75, 3.05) is 0 Å². The van der Waals surface area contributed by atoms with E-state index in [1.807, 2.05) is 37.3 Å². The fourth-order valence-corrected chi connectivity index (χ4v) is 2.21. The number of cyclic esters (lactones) is 2. The average Bonchev–Trinajstić information content (AvgIpc) is 2.54. The summed E-state index contributed by atoms with van der Waals surface area (Å²) in [5, 5.41) is 0. The molecule has 3 atom stereocenters. The van der Waals surface area contributed by atoms with E-state index >= 15 is 0 Å². The van der Waals surface area contributed by atoms with Crippen molar-refractivity contribution in [2.24, 2.45) is 11.8 Å². The van der Waals surface area contributed by atoms with Crippen LogP contribution in [0.15, 0.2) is 30.3 Å². The second-order valence-corrected chi connectivity index (χ2v) is 4.25. The molecular weight excluding hydrogens is 204 g/mol. The summed E-state index contributed by atoms with van der Waals surface area (Å²) in [6.45, 7) is 3.70. The zero-order valence-electron chi connectivity index (χ0n) is 9.34. The van der Waals surface area contributed by atoms with Crippen LogP contribution in [-0.4, -0.2) is 11.9 Å². The topological polar surface area (TPSA) is 43.4 Å². The highest BCUT2D eigenvalue weighted by atomic mass is 16.6. The number of hydrogen-bond donors (Lipinski definition) is 0. The lowest BCUT2D eigenvalue weighted by Crippen LogP contribution is -2.21. The molecule has 1 fully saturated rings. The van der Waals surface area contributed by atoms with E-state index in [2.05, 4.69) is 4.74 Å². The Morgan fingerprint density at radius 3 is 2.25 bits per heavy atom. The zero-order chi connectivity index (χ0) is 11.7. The lowest BCUT2D eigenvalue weighted by molar-refractivity contribution is -0.153. The van der Waals surface area contributed by atoms with Crippen LogP contribution < -0.4 is 0 Å². The van der Waals surface area contributed by atoms with Gasteiger partial charge >= 0.3 is 11.9 Å². The van der Waals surface area contributed by atoms with Gasteiger partial charge in [-0.3, -0.25) is 9.59 Å². The third-order valence-corrected chi connectivity index (χ3v) is 3.25. The van der Waals surface area contributed by atoms with E-state index in [4.69, 9.17) is 0 Å². The molecule has 2 rings (SSSR count). The number of carbonyl (C=O) groups is 2. The van der Waals surface area contributed by atoms with E-state index < -0.39 is 11.9 Å². The molecule has 1 saturated heterocycles. The molecule has 16 heavy (non-hydrogen) atoms. The van der Waals surface area contributed by atoms with Gasteiger partial charge in [-0.25, -0.2) is 0 Å². The van der Waals surface area contributed by atoms with E-state index in [1.54, 1.807) is 6.92 Å². The maximum atomic E-state index is 11.6. The quantitative estimate of drug-likeness (QED) is 0.564. The summed E-state index contributed by atoms with van der Waals surface area (Å²) in [7, 11) is 0. The molecule has 3 heteroatoms. The summed E-state index contributed by atoms with van der Waals surface area (Å²) in [4.78, 5) is 22.9. The molecule has 0 aromatic heterocycles. The SMILES string of the molecule is CC1C(=O)OC(=O)C1[C@H](C)c1ccccc1. The van der Waals surface area contributed by atoms with Crippen LogP contribution in [0.3, 0.4) is 0 Å². The summed E-state index contributed by atoms with van der Waals surface area (Å²) < 4.78 is 4.65. The van der Waals surface area contributed by atoms with Crippen LogP contribution in [-0.2, 0) is 14.3 Å². The second-order valence-electron chi connectivity index (χ2n) is 4.25. The van der Waals surface area contributed by atoms with E-state index in [0.717, 1.165) is 5.56 Å². The van der Waals surface area contributed by atoms with Crippen molar-refractivity contribution < 1.29 is 14.3 Å². The van der Waals surface area contributed by atoms with Crippen LogP contribution >= 0.6 is 0 Å². The monoisotopic (exact) mass is 218 g/mol. The van der Waals surface area contributed by atoms with Crippen LogP contribution in [0.5, 0.6) is 0 Å². The minimum absolute atomic E-state index is 0.00940. The number of esters is 2. The third-order valence-electron chi connectivity index (χ3n) is 3.25. The number of benzene rings is 1. The van der Waals surface area contributed by atoms with E-state index in [0.29, 0.717) is 0 Å². The Balaban J connectivity index is 2.26. The van der Waals surface area contributed by atoms with E-state index in [-0.39, 0.29) is 17.8 Å². The van der Waals surface area contributed by atoms with Crippen LogP contribution in [0.25, 0.3) is 0 Å². The average molecular weight is 218 g/mol. The lowest BCUT2D eigenvalue weighted by Gasteiger charge is -2.18. The van der Waals surface area contributed by atoms with Crippen molar-refractivity contribution in [2.45, 2.75) is 19.8 Å². The smallest absolute Gasteiger partial charge is 0.318 e. The van der Waals surface area contributed by atoms with Gasteiger partial charge in [0, 0.05) is 0 Å². The lowest BCUT2D eigenvalue weighted by atomic mass is 9.81. The van der Waals surface area contributed by atoms with Gasteiger partial charge in [0.15, 0.2) is 0 Å². The Morgan fingerprint density at radius 2 is 1.75 bits per heavy atom. The molecule has 1 aromatic rings. The Bertz CT molecular complexity index is 410. The van der Waals surface area contributed by atoms with Crippen molar-refractivity contribution in [3.8, 4) is 0 Å². The van der Waals surface area contributed by atoms with E-state index in [9.17, 15) is 9.59 Å². The minimum Gasteiger partial charge on any atom is -0.393 e. The van der Waals surface area contributed by atoms with Crippen molar-refractivity contribution in [3.63, 3.8) is 0 Å². The van der Waals surface area contributed by atoms with Crippen LogP contribution in [0.1, 0.15) is 25.3 Å². The second kappa shape index (κ2) is 4.08. The molecule has 84 valence electrons. The van der Waals surface area contributed by atoms with E-state index in [1.165, 1.54) is 0 Å². The van der Waals surface area contributed by atoms with Gasteiger partial charge in [0.05, 0.1) is 11.8 Å². The Kier molecular flexibility index (Phi) is 2.77. The molecule has 0 saturated carbocycles. The van der Waals surface area contributed by atoms with Gasteiger partial charge in [-0.05, 0) is 11.5 Å². The summed E-state index contributed by atoms with van der Waals surface area (Å²) in [6, 6.07) is 9.72. The standard InChI is InChI=1S/C13H14O3/c1-8(10-6-4-3-5-7-10)11-9(2)12(14)16-13(11)15/h3-9,11H,1-2H3/t8-,9?,11?/m1/s1. The van der Waals surface area contributed by atoms with Gasteiger partial charge < -0.3 is 4.74 Å². The predicted molar refractivity (Wildman–Crippen MR) is 58.6 cm³/mol. The Labute approximate surface area is 94.4 Å². The molecule has 0 amide bonds. The molecule has 1 heterocycles. The largest absolute Gasteiger partial charge is 0.393 e. The first-order chi connectivity index (χ1) is 7.61. The molecule has 1 aliphatic heterocycles. The molecule has 2 unspecified atom stereocenters. The third kappa shape index (κ3) is 1.73. The number of carbonyl (C=O) groups excluding carboxylic acids is 2. The first kappa shape index (κ1) is 10.9. The molecule has 0 N–H and O–H groups in total. The molecule has 1 aliphatic rings. The van der Waals surface area contributed by atoms with Gasteiger partial charge in [0.1, 0.15) is 0 Å². The van der Waals surface area contributed by atoms with Gasteiger partial charge in [0.25, 0.3) is 0 Å². The normalized spacial score (nSPS) is 26.6. The van der Waals surface area contributed by atoms with Crippen LogP contribution in [0, 0.1) is 11.8 Å². The summed E-state index contributed by atoms with van der Waals surface area (Å²) in [5.41, 5.74) is 1.06. The summed E-state index contributed by atoms with van der Waals surface area (Å²) in [6.07, 6.45) is 0. The molecule has 0 radical (unpaired) electrons. The van der Waals surface area contributed by atoms with Crippen LogP contribution in [0.4, 0.5) is 0 Å². The molecule has 0 spiro atoms. The summed E-state index contributed by atoms with van der Waals surface area (Å²) >= 11 is 0. The van der Waals surface area contributed by atoms with Crippen LogP contribution in [0.2, 0.25) is 0 Å². The molecular formula is C13H14O3. The molecule has 0 bridgehead atoms. The first-order valence-corrected chi connectivity index (χ1v) is 5.41. The first-order valence-electron chi connectivity index (χ1n) is 5.41. The van der Waals surface area contributed by atoms with Gasteiger partial charge in [0.2, 0.25) is 0 Å². The van der Waals surface area contributed by atoms with Gasteiger partial charge in [-0.15, -0.1) is 0 Å². The molecule has 3 nitrogen and oxygen atoms in total. The highest BCUT2D eigenvalue weighted by molar-refractivity contribution is 5.96. The number of ether oxygens (including phenoxy) is 1. The minimum atomic E-state index is -0.405.